The first-order valence-electron chi connectivity index (χ1n) is 6.97. The summed E-state index contributed by atoms with van der Waals surface area (Å²) in [6.07, 6.45) is 0. The quantitative estimate of drug-likeness (QED) is 0.657. The third-order valence-electron chi connectivity index (χ3n) is 3.98. The van der Waals surface area contributed by atoms with Crippen LogP contribution in [0, 0.1) is 23.0 Å². The van der Waals surface area contributed by atoms with Crippen molar-refractivity contribution < 1.29 is 4.92 Å². The van der Waals surface area contributed by atoms with Gasteiger partial charge in [-0.25, -0.2) is 4.98 Å². The third kappa shape index (κ3) is 2.90. The first-order chi connectivity index (χ1) is 9.85. The molecule has 0 spiro atoms. The van der Waals surface area contributed by atoms with Crippen molar-refractivity contribution in [1.82, 2.24) is 14.9 Å². The minimum absolute atomic E-state index is 0.000561. The van der Waals surface area contributed by atoms with Crippen LogP contribution in [0.4, 0.5) is 17.5 Å². The number of likely N-dealkylation sites (N-methyl/N-ethyl adjacent to an activating group) is 1. The molecule has 116 valence electrons. The van der Waals surface area contributed by atoms with Crippen molar-refractivity contribution in [2.24, 2.45) is 5.92 Å². The van der Waals surface area contributed by atoms with Crippen molar-refractivity contribution in [3.05, 3.63) is 15.8 Å². The molecule has 1 aromatic rings. The number of anilines is 2. The Morgan fingerprint density at radius 2 is 2.05 bits per heavy atom. The van der Waals surface area contributed by atoms with Gasteiger partial charge in [-0.2, -0.15) is 4.98 Å². The molecule has 0 radical (unpaired) electrons. The van der Waals surface area contributed by atoms with Gasteiger partial charge in [0.15, 0.2) is 0 Å². The van der Waals surface area contributed by atoms with Gasteiger partial charge in [-0.05, 0) is 26.9 Å². The van der Waals surface area contributed by atoms with Gasteiger partial charge in [0.05, 0.1) is 4.92 Å². The summed E-state index contributed by atoms with van der Waals surface area (Å²) in [4.78, 5) is 23.6. The Morgan fingerprint density at radius 1 is 1.38 bits per heavy atom. The smallest absolute Gasteiger partial charge is 0.332 e. The van der Waals surface area contributed by atoms with Gasteiger partial charge in [-0.1, -0.05) is 6.92 Å². The predicted molar refractivity (Wildman–Crippen MR) is 81.8 cm³/mol. The molecule has 2 unspecified atom stereocenters. The van der Waals surface area contributed by atoms with Gasteiger partial charge in [0.25, 0.3) is 0 Å². The van der Waals surface area contributed by atoms with Crippen LogP contribution in [0.5, 0.6) is 0 Å². The van der Waals surface area contributed by atoms with Gasteiger partial charge >= 0.3 is 5.69 Å². The average molecular weight is 294 g/mol. The van der Waals surface area contributed by atoms with Gasteiger partial charge in [0, 0.05) is 26.2 Å². The predicted octanol–water partition coefficient (Wildman–Crippen LogP) is 1.12. The lowest BCUT2D eigenvalue weighted by Gasteiger charge is -2.22. The molecule has 0 amide bonds. The lowest BCUT2D eigenvalue weighted by molar-refractivity contribution is -0.385. The number of aryl methyl sites for hydroxylation is 1. The van der Waals surface area contributed by atoms with Crippen LogP contribution < -0.4 is 10.2 Å². The summed E-state index contributed by atoms with van der Waals surface area (Å²) in [7, 11) is 5.77. The summed E-state index contributed by atoms with van der Waals surface area (Å²) < 4.78 is 0. The molecule has 21 heavy (non-hydrogen) atoms. The molecule has 1 saturated heterocycles. The van der Waals surface area contributed by atoms with Crippen LogP contribution in [-0.4, -0.2) is 60.1 Å². The van der Waals surface area contributed by atoms with Crippen molar-refractivity contribution in [2.45, 2.75) is 19.9 Å². The highest BCUT2D eigenvalue weighted by molar-refractivity contribution is 5.63. The molecule has 1 fully saturated rings. The van der Waals surface area contributed by atoms with Crippen LogP contribution in [0.15, 0.2) is 0 Å². The zero-order valence-corrected chi connectivity index (χ0v) is 13.1. The van der Waals surface area contributed by atoms with E-state index in [9.17, 15) is 10.1 Å². The maximum absolute atomic E-state index is 11.4. The number of hydrogen-bond donors (Lipinski definition) is 1. The fraction of sp³-hybridized carbons (Fsp3) is 0.692. The molecular weight excluding hydrogens is 272 g/mol. The van der Waals surface area contributed by atoms with E-state index >= 15 is 0 Å². The maximum Gasteiger partial charge on any atom is 0.332 e. The number of aromatic nitrogens is 2. The van der Waals surface area contributed by atoms with E-state index in [4.69, 9.17) is 0 Å². The first kappa shape index (κ1) is 15.4. The third-order valence-corrected chi connectivity index (χ3v) is 3.98. The number of nitrogens with zero attached hydrogens (tertiary/aromatic N) is 5. The topological polar surface area (TPSA) is 87.4 Å². The van der Waals surface area contributed by atoms with Gasteiger partial charge in [0.1, 0.15) is 5.69 Å². The van der Waals surface area contributed by atoms with Crippen molar-refractivity contribution in [2.75, 3.05) is 44.4 Å². The SMILES string of the molecule is CNc1nc(C)c([N+](=O)[O-])c(N2CC(C)C(N(C)C)C2)n1. The molecule has 2 rings (SSSR count). The van der Waals surface area contributed by atoms with Gasteiger partial charge in [-0.3, -0.25) is 10.1 Å². The van der Waals surface area contributed by atoms with Gasteiger partial charge in [0.2, 0.25) is 11.8 Å². The Labute approximate surface area is 124 Å². The fourth-order valence-corrected chi connectivity index (χ4v) is 2.89. The highest BCUT2D eigenvalue weighted by Crippen LogP contribution is 2.33. The fourth-order valence-electron chi connectivity index (χ4n) is 2.89. The van der Waals surface area contributed by atoms with Gasteiger partial charge in [-0.15, -0.1) is 0 Å². The van der Waals surface area contributed by atoms with E-state index in [0.717, 1.165) is 13.1 Å². The maximum atomic E-state index is 11.4. The molecule has 0 bridgehead atoms. The highest BCUT2D eigenvalue weighted by atomic mass is 16.6. The molecule has 8 nitrogen and oxygen atoms in total. The molecule has 2 heterocycles. The number of rotatable bonds is 4. The molecule has 0 saturated carbocycles. The van der Waals surface area contributed by atoms with Crippen LogP contribution in [0.2, 0.25) is 0 Å². The van der Waals surface area contributed by atoms with E-state index in [1.54, 1.807) is 14.0 Å². The number of nitrogens with one attached hydrogen (secondary N) is 1. The molecule has 0 aromatic carbocycles. The summed E-state index contributed by atoms with van der Waals surface area (Å²) in [6, 6.07) is 0.359. The van der Waals surface area contributed by atoms with Crippen molar-refractivity contribution >= 4 is 17.5 Å². The summed E-state index contributed by atoms with van der Waals surface area (Å²) in [5, 5.41) is 14.2. The minimum atomic E-state index is -0.391. The number of nitro groups is 1. The van der Waals surface area contributed by atoms with Crippen molar-refractivity contribution in [3.63, 3.8) is 0 Å². The minimum Gasteiger partial charge on any atom is -0.357 e. The van der Waals surface area contributed by atoms with E-state index in [1.165, 1.54) is 0 Å². The Morgan fingerprint density at radius 3 is 2.52 bits per heavy atom. The van der Waals surface area contributed by atoms with Crippen LogP contribution in [-0.2, 0) is 0 Å². The first-order valence-corrected chi connectivity index (χ1v) is 6.97. The molecule has 1 aliphatic rings. The molecular formula is C13H22N6O2. The molecule has 2 atom stereocenters. The molecule has 8 heteroatoms. The Kier molecular flexibility index (Phi) is 4.26. The Hall–Kier alpha value is -1.96. The van der Waals surface area contributed by atoms with Crippen LogP contribution in [0.25, 0.3) is 0 Å². The highest BCUT2D eigenvalue weighted by Gasteiger charge is 2.36. The second kappa shape index (κ2) is 5.80. The van der Waals surface area contributed by atoms with E-state index in [2.05, 4.69) is 27.1 Å². The van der Waals surface area contributed by atoms with Crippen LogP contribution >= 0.6 is 0 Å². The second-order valence-electron chi connectivity index (χ2n) is 5.73. The van der Waals surface area contributed by atoms with E-state index in [-0.39, 0.29) is 5.69 Å². The molecule has 0 aliphatic carbocycles. The summed E-state index contributed by atoms with van der Waals surface area (Å²) in [5.41, 5.74) is 0.385. The Bertz CT molecular complexity index is 548. The lowest BCUT2D eigenvalue weighted by Crippen LogP contribution is -2.34. The zero-order chi connectivity index (χ0) is 15.7. The summed E-state index contributed by atoms with van der Waals surface area (Å²) >= 11 is 0. The molecule has 1 aliphatic heterocycles. The van der Waals surface area contributed by atoms with E-state index in [1.807, 2.05) is 19.0 Å². The standard InChI is InChI=1S/C13H22N6O2/c1-8-6-18(7-10(8)17(4)5)12-11(19(20)21)9(2)15-13(14-3)16-12/h8,10H,6-7H2,1-5H3,(H,14,15,16). The molecule has 1 N–H and O–H groups in total. The largest absolute Gasteiger partial charge is 0.357 e. The van der Waals surface area contributed by atoms with Gasteiger partial charge < -0.3 is 15.1 Å². The van der Waals surface area contributed by atoms with Crippen LogP contribution in [0.3, 0.4) is 0 Å². The lowest BCUT2D eigenvalue weighted by atomic mass is 10.1. The van der Waals surface area contributed by atoms with Crippen molar-refractivity contribution in [1.29, 1.82) is 0 Å². The Balaban J connectivity index is 2.43. The normalized spacial score (nSPS) is 21.9. The number of hydrogen-bond acceptors (Lipinski definition) is 7. The second-order valence-corrected chi connectivity index (χ2v) is 5.73. The summed E-state index contributed by atoms with van der Waals surface area (Å²) in [6.45, 7) is 5.29. The van der Waals surface area contributed by atoms with E-state index < -0.39 is 4.92 Å². The van der Waals surface area contributed by atoms with E-state index in [0.29, 0.717) is 29.4 Å². The zero-order valence-electron chi connectivity index (χ0n) is 13.1. The van der Waals surface area contributed by atoms with Crippen molar-refractivity contribution in [3.8, 4) is 0 Å². The average Bonchev–Trinajstić information content (AvgIpc) is 2.79. The monoisotopic (exact) mass is 294 g/mol. The molecule has 1 aromatic heterocycles. The van der Waals surface area contributed by atoms with Crippen LogP contribution in [0.1, 0.15) is 12.6 Å². The summed E-state index contributed by atoms with van der Waals surface area (Å²) in [5.74, 6) is 1.25.